The van der Waals surface area contributed by atoms with Gasteiger partial charge < -0.3 is 29.0 Å². The van der Waals surface area contributed by atoms with E-state index in [4.69, 9.17) is 30.5 Å². The first-order valence-corrected chi connectivity index (χ1v) is 12.5. The van der Waals surface area contributed by atoms with Crippen LogP contribution in [0.5, 0.6) is 0 Å². The molecule has 3 aromatic rings. The third kappa shape index (κ3) is 5.46. The van der Waals surface area contributed by atoms with E-state index in [-0.39, 0.29) is 5.97 Å². The zero-order valence-electron chi connectivity index (χ0n) is 19.8. The van der Waals surface area contributed by atoms with E-state index in [2.05, 4.69) is 20.1 Å². The molecule has 2 aliphatic rings. The second kappa shape index (κ2) is 10.7. The second-order valence-electron chi connectivity index (χ2n) is 8.84. The summed E-state index contributed by atoms with van der Waals surface area (Å²) in [5.74, 6) is 1.45. The van der Waals surface area contributed by atoms with Gasteiger partial charge in [0, 0.05) is 44.4 Å². The van der Waals surface area contributed by atoms with Gasteiger partial charge in [0.05, 0.1) is 36.8 Å². The fourth-order valence-electron chi connectivity index (χ4n) is 4.70. The Labute approximate surface area is 209 Å². The average molecular weight is 500 g/mol. The monoisotopic (exact) mass is 499 g/mol. The molecule has 2 fully saturated rings. The molecular weight excluding hydrogens is 470 g/mol. The van der Waals surface area contributed by atoms with E-state index in [1.54, 1.807) is 6.26 Å². The highest BCUT2D eigenvalue weighted by atomic mass is 35.5. The molecule has 0 radical (unpaired) electrons. The van der Waals surface area contributed by atoms with E-state index < -0.39 is 0 Å². The van der Waals surface area contributed by atoms with Crippen LogP contribution in [0.4, 0.5) is 23.1 Å². The van der Waals surface area contributed by atoms with Gasteiger partial charge in [0.1, 0.15) is 5.52 Å². The highest BCUT2D eigenvalue weighted by Crippen LogP contribution is 2.33. The second-order valence-corrected chi connectivity index (χ2v) is 9.24. The number of morpholine rings is 1. The van der Waals surface area contributed by atoms with E-state index in [9.17, 15) is 4.79 Å². The van der Waals surface area contributed by atoms with Crippen molar-refractivity contribution in [1.82, 2.24) is 9.97 Å². The van der Waals surface area contributed by atoms with Crippen LogP contribution in [0.1, 0.15) is 26.2 Å². The highest BCUT2D eigenvalue weighted by molar-refractivity contribution is 6.33. The molecule has 186 valence electrons. The number of esters is 1. The van der Waals surface area contributed by atoms with Crippen LogP contribution >= 0.6 is 11.6 Å². The first-order valence-electron chi connectivity index (χ1n) is 12.2. The lowest BCUT2D eigenvalue weighted by molar-refractivity contribution is -0.144. The van der Waals surface area contributed by atoms with Crippen molar-refractivity contribution in [3.63, 3.8) is 0 Å². The number of carbonyl (C=O) groups is 1. The summed E-state index contributed by atoms with van der Waals surface area (Å²) in [6, 6.07) is 7.74. The lowest BCUT2D eigenvalue weighted by Gasteiger charge is -2.32. The van der Waals surface area contributed by atoms with Gasteiger partial charge in [0.15, 0.2) is 11.4 Å². The van der Waals surface area contributed by atoms with Crippen LogP contribution in [0, 0.1) is 5.92 Å². The molecule has 0 saturated carbocycles. The minimum absolute atomic E-state index is 0.119. The minimum atomic E-state index is -0.119. The molecule has 2 aliphatic heterocycles. The molecule has 0 atom stereocenters. The number of piperidine rings is 1. The lowest BCUT2D eigenvalue weighted by Crippen LogP contribution is -2.36. The van der Waals surface area contributed by atoms with Gasteiger partial charge in [0.2, 0.25) is 5.95 Å². The Morgan fingerprint density at radius 1 is 1.14 bits per heavy atom. The third-order valence-corrected chi connectivity index (χ3v) is 6.82. The molecule has 1 N–H and O–H groups in total. The molecule has 35 heavy (non-hydrogen) atoms. The number of benzene rings is 1. The first kappa shape index (κ1) is 23.7. The molecule has 2 saturated heterocycles. The Hall–Kier alpha value is -3.04. The van der Waals surface area contributed by atoms with Gasteiger partial charge in [-0.25, -0.2) is 4.98 Å². The van der Waals surface area contributed by atoms with Crippen LogP contribution in [0.2, 0.25) is 5.02 Å². The number of hydrogen-bond donors (Lipinski definition) is 1. The van der Waals surface area contributed by atoms with Crippen molar-refractivity contribution in [3.05, 3.63) is 35.6 Å². The smallest absolute Gasteiger partial charge is 0.306 e. The van der Waals surface area contributed by atoms with E-state index >= 15 is 0 Å². The van der Waals surface area contributed by atoms with Crippen LogP contribution in [0.25, 0.3) is 11.1 Å². The number of hydrogen-bond acceptors (Lipinski definition) is 9. The fourth-order valence-corrected chi connectivity index (χ4v) is 5.00. The lowest BCUT2D eigenvalue weighted by atomic mass is 9.93. The number of carbonyl (C=O) groups excluding carboxylic acids is 1. The van der Waals surface area contributed by atoms with Crippen molar-refractivity contribution >= 4 is 51.8 Å². The number of furan rings is 1. The Kier molecular flexibility index (Phi) is 7.24. The van der Waals surface area contributed by atoms with Crippen molar-refractivity contribution in [2.45, 2.75) is 26.2 Å². The van der Waals surface area contributed by atoms with Crippen molar-refractivity contribution in [2.75, 3.05) is 61.1 Å². The largest absolute Gasteiger partial charge is 0.466 e. The number of halogens is 1. The van der Waals surface area contributed by atoms with Crippen molar-refractivity contribution in [1.29, 1.82) is 0 Å². The number of anilines is 4. The number of nitrogens with zero attached hydrogens (tertiary/aromatic N) is 4. The maximum atomic E-state index is 11.9. The van der Waals surface area contributed by atoms with Crippen molar-refractivity contribution in [3.8, 4) is 0 Å². The Bertz CT molecular complexity index is 1170. The summed E-state index contributed by atoms with van der Waals surface area (Å²) < 4.78 is 16.3. The summed E-state index contributed by atoms with van der Waals surface area (Å²) in [5, 5.41) is 3.98. The molecule has 0 unspecified atom stereocenters. The van der Waals surface area contributed by atoms with Gasteiger partial charge in [-0.1, -0.05) is 11.6 Å². The SMILES string of the molecule is CCOC(=O)CC1CCN(c2nc(Nc3ccc(N4CCOCC4)c(Cl)c3)nc3ccoc23)CC1. The Morgan fingerprint density at radius 2 is 1.94 bits per heavy atom. The maximum absolute atomic E-state index is 11.9. The molecule has 9 nitrogen and oxygen atoms in total. The molecule has 2 aromatic heterocycles. The van der Waals surface area contributed by atoms with Gasteiger partial charge in [-0.2, -0.15) is 4.98 Å². The van der Waals surface area contributed by atoms with Crippen molar-refractivity contribution < 1.29 is 18.7 Å². The minimum Gasteiger partial charge on any atom is -0.466 e. The number of ether oxygens (including phenoxy) is 2. The van der Waals surface area contributed by atoms with Gasteiger partial charge in [-0.15, -0.1) is 0 Å². The standard InChI is InChI=1S/C25H30ClN5O4/c1-2-34-22(32)15-17-5-8-31(9-6-17)24-23-20(7-12-35-23)28-25(29-24)27-18-3-4-21(19(26)16-18)30-10-13-33-14-11-30/h3-4,7,12,16-17H,2,5-6,8-11,13-15H2,1H3,(H,27,28,29). The van der Waals surface area contributed by atoms with Gasteiger partial charge >= 0.3 is 5.97 Å². The number of aromatic nitrogens is 2. The summed E-state index contributed by atoms with van der Waals surface area (Å²) >= 11 is 6.61. The molecule has 4 heterocycles. The number of fused-ring (bicyclic) bond motifs is 1. The number of nitrogens with one attached hydrogen (secondary N) is 1. The quantitative estimate of drug-likeness (QED) is 0.467. The van der Waals surface area contributed by atoms with Gasteiger partial charge in [0.25, 0.3) is 0 Å². The normalized spacial score (nSPS) is 17.1. The molecule has 0 amide bonds. The van der Waals surface area contributed by atoms with Crippen LogP contribution in [0.15, 0.2) is 34.9 Å². The Morgan fingerprint density at radius 3 is 2.69 bits per heavy atom. The third-order valence-electron chi connectivity index (χ3n) is 6.52. The van der Waals surface area contributed by atoms with Crippen molar-refractivity contribution in [2.24, 2.45) is 5.92 Å². The molecule has 0 spiro atoms. The summed E-state index contributed by atoms with van der Waals surface area (Å²) in [5.41, 5.74) is 3.22. The summed E-state index contributed by atoms with van der Waals surface area (Å²) in [7, 11) is 0. The summed E-state index contributed by atoms with van der Waals surface area (Å²) in [6.45, 7) is 6.90. The van der Waals surface area contributed by atoms with Crippen LogP contribution in [-0.2, 0) is 14.3 Å². The summed E-state index contributed by atoms with van der Waals surface area (Å²) in [4.78, 5) is 25.7. The molecule has 5 rings (SSSR count). The maximum Gasteiger partial charge on any atom is 0.306 e. The van der Waals surface area contributed by atoms with Gasteiger partial charge in [-0.05, 0) is 43.9 Å². The zero-order chi connectivity index (χ0) is 24.2. The first-order chi connectivity index (χ1) is 17.1. The molecule has 1 aromatic carbocycles. The number of rotatable bonds is 7. The molecule has 0 aliphatic carbocycles. The van der Waals surface area contributed by atoms with Crippen LogP contribution in [0.3, 0.4) is 0 Å². The predicted octanol–water partition coefficient (Wildman–Crippen LogP) is 4.63. The van der Waals surface area contributed by atoms with E-state index in [1.165, 1.54) is 0 Å². The fraction of sp³-hybridized carbons (Fsp3) is 0.480. The van der Waals surface area contributed by atoms with E-state index in [0.717, 1.165) is 61.7 Å². The highest BCUT2D eigenvalue weighted by Gasteiger charge is 2.25. The van der Waals surface area contributed by atoms with Crippen LogP contribution in [-0.4, -0.2) is 61.9 Å². The van der Waals surface area contributed by atoms with Gasteiger partial charge in [-0.3, -0.25) is 4.79 Å². The molecular formula is C25H30ClN5O4. The Balaban J connectivity index is 1.31. The van der Waals surface area contributed by atoms with E-state index in [1.807, 2.05) is 31.2 Å². The van der Waals surface area contributed by atoms with Crippen LogP contribution < -0.4 is 15.1 Å². The molecule has 10 heteroatoms. The predicted molar refractivity (Wildman–Crippen MR) is 136 cm³/mol. The average Bonchev–Trinajstić information content (AvgIpc) is 3.34. The zero-order valence-corrected chi connectivity index (χ0v) is 20.6. The molecule has 0 bridgehead atoms. The topological polar surface area (TPSA) is 93.0 Å². The summed E-state index contributed by atoms with van der Waals surface area (Å²) in [6.07, 6.45) is 3.89. The van der Waals surface area contributed by atoms with E-state index in [0.29, 0.717) is 48.7 Å².